The molecule has 26 heavy (non-hydrogen) atoms. The van der Waals surface area contributed by atoms with E-state index in [0.29, 0.717) is 12.1 Å². The topological polar surface area (TPSA) is 76.4 Å². The van der Waals surface area contributed by atoms with Crippen LogP contribution in [0.3, 0.4) is 0 Å². The van der Waals surface area contributed by atoms with Gasteiger partial charge in [-0.15, -0.1) is 0 Å². The van der Waals surface area contributed by atoms with Crippen molar-refractivity contribution in [2.45, 2.75) is 52.7 Å². The minimum Gasteiger partial charge on any atom is -0.350 e. The van der Waals surface area contributed by atoms with E-state index in [1.807, 2.05) is 51.7 Å². The Hall–Kier alpha value is -2.39. The molecule has 6 heteroatoms. The van der Waals surface area contributed by atoms with Gasteiger partial charge in [-0.05, 0) is 52.3 Å². The van der Waals surface area contributed by atoms with Gasteiger partial charge in [0.05, 0.1) is 24.7 Å². The van der Waals surface area contributed by atoms with Crippen LogP contribution in [0.4, 0.5) is 0 Å². The van der Waals surface area contributed by atoms with Crippen LogP contribution in [-0.4, -0.2) is 53.3 Å². The number of nitriles is 1. The van der Waals surface area contributed by atoms with Crippen LogP contribution in [-0.2, 0) is 16.1 Å². The first-order chi connectivity index (χ1) is 12.0. The minimum absolute atomic E-state index is 0.0406. The van der Waals surface area contributed by atoms with Gasteiger partial charge in [0.2, 0.25) is 11.8 Å². The smallest absolute Gasteiger partial charge is 0.240 e. The third-order valence-corrected chi connectivity index (χ3v) is 3.86. The Morgan fingerprint density at radius 3 is 2.19 bits per heavy atom. The molecule has 0 unspecified atom stereocenters. The maximum absolute atomic E-state index is 12.5. The predicted octanol–water partition coefficient (Wildman–Crippen LogP) is 2.14. The van der Waals surface area contributed by atoms with E-state index >= 15 is 0 Å². The van der Waals surface area contributed by atoms with E-state index in [9.17, 15) is 9.59 Å². The van der Waals surface area contributed by atoms with Gasteiger partial charge < -0.3 is 10.2 Å². The molecule has 0 atom stereocenters. The van der Waals surface area contributed by atoms with Crippen LogP contribution < -0.4 is 5.32 Å². The van der Waals surface area contributed by atoms with Crippen molar-refractivity contribution in [3.63, 3.8) is 0 Å². The number of rotatable bonds is 7. The van der Waals surface area contributed by atoms with Crippen molar-refractivity contribution in [3.05, 3.63) is 35.4 Å². The largest absolute Gasteiger partial charge is 0.350 e. The number of hydrogen-bond donors (Lipinski definition) is 1. The van der Waals surface area contributed by atoms with Crippen molar-refractivity contribution < 1.29 is 9.59 Å². The number of nitrogens with one attached hydrogen (secondary N) is 1. The highest BCUT2D eigenvalue weighted by Gasteiger charge is 2.21. The van der Waals surface area contributed by atoms with Gasteiger partial charge in [0.1, 0.15) is 0 Å². The van der Waals surface area contributed by atoms with Crippen molar-refractivity contribution >= 4 is 11.8 Å². The summed E-state index contributed by atoms with van der Waals surface area (Å²) >= 11 is 0. The normalized spacial score (nSPS) is 11.3. The summed E-state index contributed by atoms with van der Waals surface area (Å²) in [6, 6.07) is 9.63. The van der Waals surface area contributed by atoms with Gasteiger partial charge in [-0.2, -0.15) is 5.26 Å². The Morgan fingerprint density at radius 1 is 1.15 bits per heavy atom. The fraction of sp³-hybridized carbons (Fsp3) is 0.550. The summed E-state index contributed by atoms with van der Waals surface area (Å²) in [5.41, 5.74) is 1.34. The van der Waals surface area contributed by atoms with Crippen LogP contribution in [0.2, 0.25) is 0 Å². The lowest BCUT2D eigenvalue weighted by molar-refractivity contribution is -0.136. The molecule has 0 aliphatic rings. The molecule has 1 N–H and O–H groups in total. The summed E-state index contributed by atoms with van der Waals surface area (Å²) in [5, 5.41) is 11.7. The number of nitrogens with zero attached hydrogens (tertiary/aromatic N) is 3. The van der Waals surface area contributed by atoms with E-state index < -0.39 is 0 Å². The molecule has 6 nitrogen and oxygen atoms in total. The van der Waals surface area contributed by atoms with Gasteiger partial charge in [0, 0.05) is 25.2 Å². The molecule has 0 saturated heterocycles. The van der Waals surface area contributed by atoms with E-state index in [-0.39, 0.29) is 36.5 Å². The van der Waals surface area contributed by atoms with Crippen molar-refractivity contribution in [1.29, 1.82) is 5.26 Å². The number of likely N-dealkylation sites (N-methyl/N-ethyl adjacent to an activating group) is 1. The number of benzene rings is 1. The summed E-state index contributed by atoms with van der Waals surface area (Å²) < 4.78 is 0. The van der Waals surface area contributed by atoms with Crippen molar-refractivity contribution in [1.82, 2.24) is 15.1 Å². The van der Waals surface area contributed by atoms with Crippen LogP contribution in [0.15, 0.2) is 24.3 Å². The molecule has 2 amide bonds. The zero-order valence-corrected chi connectivity index (χ0v) is 16.7. The Morgan fingerprint density at radius 2 is 1.73 bits per heavy atom. The summed E-state index contributed by atoms with van der Waals surface area (Å²) in [6.45, 7) is 10.7. The van der Waals surface area contributed by atoms with E-state index in [1.165, 1.54) is 4.90 Å². The summed E-state index contributed by atoms with van der Waals surface area (Å²) in [7, 11) is 1.64. The van der Waals surface area contributed by atoms with Gasteiger partial charge in [-0.3, -0.25) is 14.5 Å². The average Bonchev–Trinajstić information content (AvgIpc) is 2.52. The summed E-state index contributed by atoms with van der Waals surface area (Å²) in [5.74, 6) is -0.270. The Bertz CT molecular complexity index is 654. The fourth-order valence-electron chi connectivity index (χ4n) is 2.40. The molecular weight excluding hydrogens is 328 g/mol. The predicted molar refractivity (Wildman–Crippen MR) is 102 cm³/mol. The minimum atomic E-state index is -0.319. The zero-order valence-electron chi connectivity index (χ0n) is 16.7. The lowest BCUT2D eigenvalue weighted by Gasteiger charge is -2.29. The van der Waals surface area contributed by atoms with Crippen LogP contribution >= 0.6 is 0 Å². The number of carbonyl (C=O) groups is 2. The highest BCUT2D eigenvalue weighted by molar-refractivity contribution is 5.85. The molecule has 0 aliphatic heterocycles. The quantitative estimate of drug-likeness (QED) is 0.810. The van der Waals surface area contributed by atoms with Crippen LogP contribution in [0.25, 0.3) is 0 Å². The second-order valence-electron chi connectivity index (χ2n) is 7.86. The van der Waals surface area contributed by atoms with Crippen molar-refractivity contribution in [2.24, 2.45) is 0 Å². The molecule has 0 heterocycles. The van der Waals surface area contributed by atoms with E-state index in [1.54, 1.807) is 19.2 Å². The number of carbonyl (C=O) groups excluding carboxylic acids is 2. The zero-order chi connectivity index (χ0) is 19.9. The third-order valence-electron chi connectivity index (χ3n) is 3.86. The lowest BCUT2D eigenvalue weighted by Crippen LogP contribution is -2.48. The van der Waals surface area contributed by atoms with Crippen LogP contribution in [0.1, 0.15) is 45.7 Å². The fourth-order valence-corrected chi connectivity index (χ4v) is 2.40. The third kappa shape index (κ3) is 7.66. The SMILES string of the molecule is CC(C)N(CC(=O)N(C)CC(=O)NC(C)(C)C)Cc1ccc(C#N)cc1. The van der Waals surface area contributed by atoms with E-state index in [0.717, 1.165) is 5.56 Å². The Labute approximate surface area is 156 Å². The number of hydrogen-bond acceptors (Lipinski definition) is 4. The Balaban J connectivity index is 2.66. The monoisotopic (exact) mass is 358 g/mol. The summed E-state index contributed by atoms with van der Waals surface area (Å²) in [6.07, 6.45) is 0. The lowest BCUT2D eigenvalue weighted by atomic mass is 10.1. The first-order valence-electron chi connectivity index (χ1n) is 8.80. The highest BCUT2D eigenvalue weighted by atomic mass is 16.2. The number of amides is 2. The standard InChI is InChI=1S/C20H30N4O2/c1-15(2)24(12-17-9-7-16(11-21)8-10-17)14-19(26)23(6)13-18(25)22-20(3,4)5/h7-10,15H,12-14H2,1-6H3,(H,22,25). The van der Waals surface area contributed by atoms with Crippen LogP contribution in [0, 0.1) is 11.3 Å². The molecule has 0 aliphatic carbocycles. The van der Waals surface area contributed by atoms with Gasteiger partial charge in [0.25, 0.3) is 0 Å². The molecule has 0 aromatic heterocycles. The molecule has 0 spiro atoms. The molecule has 0 radical (unpaired) electrons. The molecule has 0 fully saturated rings. The second kappa shape index (κ2) is 9.35. The van der Waals surface area contributed by atoms with Gasteiger partial charge in [0.15, 0.2) is 0 Å². The van der Waals surface area contributed by atoms with Gasteiger partial charge >= 0.3 is 0 Å². The van der Waals surface area contributed by atoms with E-state index in [2.05, 4.69) is 11.4 Å². The molecule has 1 aromatic carbocycles. The van der Waals surface area contributed by atoms with Crippen molar-refractivity contribution in [2.75, 3.05) is 20.1 Å². The molecule has 0 saturated carbocycles. The van der Waals surface area contributed by atoms with Gasteiger partial charge in [-0.25, -0.2) is 0 Å². The molecule has 1 aromatic rings. The Kier molecular flexibility index (Phi) is 7.78. The van der Waals surface area contributed by atoms with E-state index in [4.69, 9.17) is 5.26 Å². The second-order valence-corrected chi connectivity index (χ2v) is 7.86. The van der Waals surface area contributed by atoms with Crippen LogP contribution in [0.5, 0.6) is 0 Å². The van der Waals surface area contributed by atoms with Crippen molar-refractivity contribution in [3.8, 4) is 6.07 Å². The average molecular weight is 358 g/mol. The first kappa shape index (κ1) is 21.7. The first-order valence-corrected chi connectivity index (χ1v) is 8.80. The molecule has 142 valence electrons. The van der Waals surface area contributed by atoms with Gasteiger partial charge in [-0.1, -0.05) is 12.1 Å². The molecule has 0 bridgehead atoms. The maximum atomic E-state index is 12.5. The highest BCUT2D eigenvalue weighted by Crippen LogP contribution is 2.10. The maximum Gasteiger partial charge on any atom is 0.240 e. The molecular formula is C20H30N4O2. The summed E-state index contributed by atoms with van der Waals surface area (Å²) in [4.78, 5) is 28.0. The molecule has 1 rings (SSSR count).